The molecular weight excluding hydrogens is 390 g/mol. The lowest BCUT2D eigenvalue weighted by Crippen LogP contribution is -2.49. The summed E-state index contributed by atoms with van der Waals surface area (Å²) in [5.41, 5.74) is 0.197. The second-order valence-electron chi connectivity index (χ2n) is 11.8. The summed E-state index contributed by atoms with van der Waals surface area (Å²) in [5.74, 6) is 4.07. The second-order valence-corrected chi connectivity index (χ2v) is 11.8. The molecule has 0 aromatic rings. The maximum Gasteiger partial charge on any atom is 0.0950 e. The van der Waals surface area contributed by atoms with Crippen LogP contribution < -0.4 is 0 Å². The van der Waals surface area contributed by atoms with Crippen molar-refractivity contribution in [1.29, 1.82) is 0 Å². The lowest BCUT2D eigenvalue weighted by atomic mass is 9.86. The lowest BCUT2D eigenvalue weighted by Gasteiger charge is -2.41. The Morgan fingerprint density at radius 1 is 0.781 bits per heavy atom. The molecule has 3 rings (SSSR count). The highest BCUT2D eigenvalue weighted by Gasteiger charge is 2.55. The topological polar surface area (TPSA) is 28.0 Å². The molecule has 0 aromatic heterocycles. The zero-order valence-corrected chi connectivity index (χ0v) is 22.3. The van der Waals surface area contributed by atoms with Crippen molar-refractivity contribution in [3.8, 4) is 0 Å². The minimum Gasteiger partial charge on any atom is -0.268 e. The van der Waals surface area contributed by atoms with Crippen LogP contribution in [0.25, 0.3) is 0 Å². The van der Waals surface area contributed by atoms with Crippen molar-refractivity contribution in [2.24, 2.45) is 34.0 Å². The van der Waals surface area contributed by atoms with Gasteiger partial charge in [-0.05, 0) is 69.1 Å². The summed E-state index contributed by atoms with van der Waals surface area (Å²) in [7, 11) is 0. The van der Waals surface area contributed by atoms with Crippen molar-refractivity contribution in [2.45, 2.75) is 161 Å². The molecular formula is C29H55N3. The molecule has 32 heavy (non-hydrogen) atoms. The molecule has 3 nitrogen and oxygen atoms in total. The highest BCUT2D eigenvalue weighted by atomic mass is 15.6. The third-order valence-corrected chi connectivity index (χ3v) is 9.58. The standard InChI is InChI=1S/C29H55N3/c1-6-10-13-15-17-23(16-14-11-7-2)28-24-18-20-26-27(21-19-25(24)28)32(31-30-26)29(5,9-4)22-12-8-3/h23-28H,6-22H2,1-5H3/t23?,24-,25+,26?,27?,28-,29?/m0/s1. The summed E-state index contributed by atoms with van der Waals surface area (Å²) in [6, 6.07) is 1.04. The minimum atomic E-state index is 0.197. The SMILES string of the molecule is CCCCCCC(CCCCC)[C@@H]1[C@@H]2CCC3C(CC[C@@H]21)N=NN3C(C)(CC)CCCC. The summed E-state index contributed by atoms with van der Waals surface area (Å²) in [4.78, 5) is 0. The van der Waals surface area contributed by atoms with Gasteiger partial charge in [0, 0.05) is 0 Å². The van der Waals surface area contributed by atoms with Crippen molar-refractivity contribution >= 4 is 0 Å². The molecule has 2 saturated carbocycles. The summed E-state index contributed by atoms with van der Waals surface area (Å²) < 4.78 is 0. The van der Waals surface area contributed by atoms with Crippen molar-refractivity contribution in [2.75, 3.05) is 0 Å². The fraction of sp³-hybridized carbons (Fsp3) is 1.00. The van der Waals surface area contributed by atoms with Gasteiger partial charge in [0.15, 0.2) is 0 Å². The van der Waals surface area contributed by atoms with Crippen LogP contribution in [0.15, 0.2) is 10.3 Å². The fourth-order valence-corrected chi connectivity index (χ4v) is 7.24. The first-order valence-corrected chi connectivity index (χ1v) is 14.8. The van der Waals surface area contributed by atoms with Gasteiger partial charge in [-0.25, -0.2) is 0 Å². The molecule has 0 saturated heterocycles. The third-order valence-electron chi connectivity index (χ3n) is 9.58. The van der Waals surface area contributed by atoms with Gasteiger partial charge in [-0.15, -0.1) is 0 Å². The molecule has 3 aliphatic rings. The number of rotatable bonds is 15. The van der Waals surface area contributed by atoms with E-state index >= 15 is 0 Å². The van der Waals surface area contributed by atoms with Crippen molar-refractivity contribution < 1.29 is 0 Å². The molecule has 186 valence electrons. The summed E-state index contributed by atoms with van der Waals surface area (Å²) in [6.07, 6.45) is 23.5. The van der Waals surface area contributed by atoms with Gasteiger partial charge in [0.25, 0.3) is 0 Å². The van der Waals surface area contributed by atoms with E-state index in [-0.39, 0.29) is 5.54 Å². The Balaban J connectivity index is 1.60. The number of nitrogens with zero attached hydrogens (tertiary/aromatic N) is 3. The van der Waals surface area contributed by atoms with Crippen molar-refractivity contribution in [3.63, 3.8) is 0 Å². The third kappa shape index (κ3) is 6.29. The summed E-state index contributed by atoms with van der Waals surface area (Å²) in [5, 5.41) is 12.2. The Morgan fingerprint density at radius 2 is 1.41 bits per heavy atom. The molecule has 2 aliphatic carbocycles. The van der Waals surface area contributed by atoms with Crippen LogP contribution in [-0.2, 0) is 0 Å². The summed E-state index contributed by atoms with van der Waals surface area (Å²) in [6.45, 7) is 11.8. The lowest BCUT2D eigenvalue weighted by molar-refractivity contribution is 0.0470. The predicted octanol–water partition coefficient (Wildman–Crippen LogP) is 9.37. The fourth-order valence-electron chi connectivity index (χ4n) is 7.24. The smallest absolute Gasteiger partial charge is 0.0950 e. The van der Waals surface area contributed by atoms with Crippen LogP contribution in [0.2, 0.25) is 0 Å². The number of hydrogen-bond acceptors (Lipinski definition) is 3. The van der Waals surface area contributed by atoms with E-state index in [2.05, 4.69) is 39.6 Å². The Hall–Kier alpha value is -0.600. The molecule has 1 aliphatic heterocycles. The van der Waals surface area contributed by atoms with E-state index in [1.807, 2.05) is 0 Å². The first kappa shape index (κ1) is 26.0. The van der Waals surface area contributed by atoms with E-state index in [9.17, 15) is 0 Å². The van der Waals surface area contributed by atoms with Crippen molar-refractivity contribution in [3.05, 3.63) is 0 Å². The normalized spacial score (nSPS) is 32.0. The van der Waals surface area contributed by atoms with E-state index < -0.39 is 0 Å². The molecule has 1 heterocycles. The van der Waals surface area contributed by atoms with Crippen LogP contribution in [0, 0.1) is 23.7 Å². The Bertz CT molecular complexity index is 561. The van der Waals surface area contributed by atoms with Gasteiger partial charge < -0.3 is 0 Å². The Kier molecular flexibility index (Phi) is 10.4. The number of hydrogen-bond donors (Lipinski definition) is 0. The van der Waals surface area contributed by atoms with E-state index in [1.165, 1.54) is 109 Å². The molecule has 7 atom stereocenters. The predicted molar refractivity (Wildman–Crippen MR) is 138 cm³/mol. The molecule has 0 N–H and O–H groups in total. The Labute approximate surface area is 200 Å². The van der Waals surface area contributed by atoms with Gasteiger partial charge in [-0.2, -0.15) is 5.11 Å². The quantitative estimate of drug-likeness (QED) is 0.231. The molecule has 0 aromatic carbocycles. The molecule has 0 bridgehead atoms. The molecule has 4 unspecified atom stereocenters. The summed E-state index contributed by atoms with van der Waals surface area (Å²) >= 11 is 0. The largest absolute Gasteiger partial charge is 0.268 e. The van der Waals surface area contributed by atoms with Crippen molar-refractivity contribution in [1.82, 2.24) is 5.01 Å². The second kappa shape index (κ2) is 12.7. The maximum absolute atomic E-state index is 4.87. The number of unbranched alkanes of at least 4 members (excludes halogenated alkanes) is 6. The highest BCUT2D eigenvalue weighted by molar-refractivity contribution is 5.05. The van der Waals surface area contributed by atoms with Gasteiger partial charge in [0.05, 0.1) is 17.6 Å². The minimum absolute atomic E-state index is 0.197. The van der Waals surface area contributed by atoms with Crippen LogP contribution in [0.3, 0.4) is 0 Å². The molecule has 0 amide bonds. The monoisotopic (exact) mass is 445 g/mol. The van der Waals surface area contributed by atoms with Crippen LogP contribution in [-0.4, -0.2) is 22.6 Å². The molecule has 2 fully saturated rings. The highest BCUT2D eigenvalue weighted by Crippen LogP contribution is 2.60. The van der Waals surface area contributed by atoms with Gasteiger partial charge in [0.1, 0.15) is 0 Å². The molecule has 3 heteroatoms. The van der Waals surface area contributed by atoms with Crippen LogP contribution in [0.4, 0.5) is 0 Å². The first-order valence-electron chi connectivity index (χ1n) is 14.8. The zero-order chi connectivity index (χ0) is 23.0. The van der Waals surface area contributed by atoms with Crippen LogP contribution in [0.1, 0.15) is 144 Å². The average Bonchev–Trinajstić information content (AvgIpc) is 3.31. The van der Waals surface area contributed by atoms with Crippen LogP contribution in [0.5, 0.6) is 0 Å². The number of fused-ring (bicyclic) bond motifs is 2. The van der Waals surface area contributed by atoms with Gasteiger partial charge in [-0.3, -0.25) is 5.01 Å². The average molecular weight is 446 g/mol. The maximum atomic E-state index is 4.87. The Morgan fingerprint density at radius 3 is 2.06 bits per heavy atom. The molecule has 0 spiro atoms. The molecule has 0 radical (unpaired) electrons. The van der Waals surface area contributed by atoms with Gasteiger partial charge in [-0.1, -0.05) is 104 Å². The van der Waals surface area contributed by atoms with E-state index in [0.29, 0.717) is 12.1 Å². The zero-order valence-electron chi connectivity index (χ0n) is 22.3. The van der Waals surface area contributed by atoms with Gasteiger partial charge in [0.2, 0.25) is 0 Å². The van der Waals surface area contributed by atoms with Crippen LogP contribution >= 0.6 is 0 Å². The first-order chi connectivity index (χ1) is 15.6. The van der Waals surface area contributed by atoms with E-state index in [0.717, 1.165) is 23.7 Å². The van der Waals surface area contributed by atoms with E-state index in [1.54, 1.807) is 0 Å². The van der Waals surface area contributed by atoms with E-state index in [4.69, 9.17) is 10.3 Å². The van der Waals surface area contributed by atoms with Gasteiger partial charge >= 0.3 is 0 Å².